The molecule has 1 amide bonds. The molecular formula is C49H95NO5. The van der Waals surface area contributed by atoms with Gasteiger partial charge in [-0.2, -0.15) is 0 Å². The zero-order valence-corrected chi connectivity index (χ0v) is 37.1. The van der Waals surface area contributed by atoms with Crippen molar-refractivity contribution in [1.29, 1.82) is 0 Å². The van der Waals surface area contributed by atoms with E-state index in [-0.39, 0.29) is 24.9 Å². The molecule has 326 valence electrons. The molecule has 0 saturated heterocycles. The monoisotopic (exact) mass is 778 g/mol. The Morgan fingerprint density at radius 1 is 0.509 bits per heavy atom. The molecule has 0 spiro atoms. The van der Waals surface area contributed by atoms with Gasteiger partial charge in [-0.1, -0.05) is 219 Å². The highest BCUT2D eigenvalue weighted by Crippen LogP contribution is 2.18. The van der Waals surface area contributed by atoms with Crippen LogP contribution in [0.25, 0.3) is 0 Å². The molecule has 0 aliphatic heterocycles. The van der Waals surface area contributed by atoms with Crippen LogP contribution in [0, 0.1) is 0 Å². The van der Waals surface area contributed by atoms with Crippen molar-refractivity contribution in [3.8, 4) is 0 Å². The molecule has 0 radical (unpaired) electrons. The Morgan fingerprint density at radius 3 is 1.35 bits per heavy atom. The Hall–Kier alpha value is -1.40. The molecule has 0 aromatic heterocycles. The number of carbonyl (C=O) groups excluding carboxylic acids is 2. The average Bonchev–Trinajstić information content (AvgIpc) is 3.18. The van der Waals surface area contributed by atoms with E-state index < -0.39 is 18.2 Å². The van der Waals surface area contributed by atoms with Gasteiger partial charge >= 0.3 is 5.97 Å². The van der Waals surface area contributed by atoms with Crippen molar-refractivity contribution in [3.05, 3.63) is 12.2 Å². The fourth-order valence-corrected chi connectivity index (χ4v) is 7.59. The summed E-state index contributed by atoms with van der Waals surface area (Å²) in [7, 11) is 0. The second-order valence-corrected chi connectivity index (χ2v) is 16.9. The normalized spacial score (nSPS) is 13.3. The predicted molar refractivity (Wildman–Crippen MR) is 237 cm³/mol. The molecule has 3 atom stereocenters. The van der Waals surface area contributed by atoms with Crippen LogP contribution < -0.4 is 5.32 Å². The average molecular weight is 778 g/mol. The number of amides is 1. The maximum atomic E-state index is 13.1. The highest BCUT2D eigenvalue weighted by atomic mass is 16.5. The van der Waals surface area contributed by atoms with E-state index in [1.807, 2.05) is 0 Å². The van der Waals surface area contributed by atoms with Crippen LogP contribution in [0.3, 0.4) is 0 Å². The van der Waals surface area contributed by atoms with Crippen LogP contribution in [0.15, 0.2) is 12.2 Å². The van der Waals surface area contributed by atoms with Crippen molar-refractivity contribution < 1.29 is 24.5 Å². The van der Waals surface area contributed by atoms with E-state index in [1.54, 1.807) is 0 Å². The van der Waals surface area contributed by atoms with Gasteiger partial charge in [-0.05, 0) is 44.9 Å². The van der Waals surface area contributed by atoms with Gasteiger partial charge in [0.1, 0.15) is 6.10 Å². The number of ether oxygens (including phenoxy) is 1. The van der Waals surface area contributed by atoms with Gasteiger partial charge < -0.3 is 20.3 Å². The molecule has 6 heteroatoms. The fraction of sp³-hybridized carbons (Fsp3) is 0.918. The third-order valence-corrected chi connectivity index (χ3v) is 11.3. The maximum absolute atomic E-state index is 13.1. The van der Waals surface area contributed by atoms with E-state index in [4.69, 9.17) is 4.74 Å². The summed E-state index contributed by atoms with van der Waals surface area (Å²) in [4.78, 5) is 26.0. The third-order valence-electron chi connectivity index (χ3n) is 11.3. The zero-order valence-electron chi connectivity index (χ0n) is 37.1. The van der Waals surface area contributed by atoms with Gasteiger partial charge in [0, 0.05) is 6.42 Å². The molecular weight excluding hydrogens is 683 g/mol. The van der Waals surface area contributed by atoms with Crippen LogP contribution in [-0.2, 0) is 14.3 Å². The number of unbranched alkanes of at least 4 members (excludes halogenated alkanes) is 30. The lowest BCUT2D eigenvalue weighted by Crippen LogP contribution is -2.46. The van der Waals surface area contributed by atoms with Crippen molar-refractivity contribution in [3.63, 3.8) is 0 Å². The van der Waals surface area contributed by atoms with Gasteiger partial charge in [0.15, 0.2) is 0 Å². The number of allylic oxidation sites excluding steroid dienone is 2. The Bertz CT molecular complexity index is 832. The number of aliphatic hydroxyl groups is 2. The van der Waals surface area contributed by atoms with Gasteiger partial charge in [0.25, 0.3) is 0 Å². The highest BCUT2D eigenvalue weighted by Gasteiger charge is 2.24. The van der Waals surface area contributed by atoms with E-state index in [9.17, 15) is 19.8 Å². The number of hydrogen-bond acceptors (Lipinski definition) is 5. The standard InChI is InChI=1S/C49H95NO5/c1-4-7-10-13-16-19-21-23-24-25-27-30-33-36-39-42-49(54)55-45(40-37-34-31-28-18-15-12-9-6-3)43-48(53)50-46(44-51)47(52)41-38-35-32-29-26-22-20-17-14-11-8-5-2/h15,18,45-47,51-52H,4-14,16-17,19-44H2,1-3H3,(H,50,53)/b18-15-. The highest BCUT2D eigenvalue weighted by molar-refractivity contribution is 5.77. The number of hydrogen-bond donors (Lipinski definition) is 3. The largest absolute Gasteiger partial charge is 0.462 e. The van der Waals surface area contributed by atoms with Crippen molar-refractivity contribution in [2.75, 3.05) is 6.61 Å². The van der Waals surface area contributed by atoms with E-state index in [2.05, 4.69) is 38.2 Å². The first-order valence-corrected chi connectivity index (χ1v) is 24.4. The molecule has 0 aromatic carbocycles. The topological polar surface area (TPSA) is 95.9 Å². The minimum atomic E-state index is -0.784. The van der Waals surface area contributed by atoms with Gasteiger partial charge in [-0.25, -0.2) is 0 Å². The molecule has 0 aromatic rings. The second kappa shape index (κ2) is 43.7. The van der Waals surface area contributed by atoms with Gasteiger partial charge in [-0.15, -0.1) is 0 Å². The number of carbonyl (C=O) groups is 2. The van der Waals surface area contributed by atoms with Crippen LogP contribution in [0.1, 0.15) is 265 Å². The van der Waals surface area contributed by atoms with Gasteiger partial charge in [0.05, 0.1) is 25.2 Å². The molecule has 0 saturated carbocycles. The van der Waals surface area contributed by atoms with Crippen LogP contribution in [-0.4, -0.2) is 46.9 Å². The molecule has 55 heavy (non-hydrogen) atoms. The molecule has 6 nitrogen and oxygen atoms in total. The lowest BCUT2D eigenvalue weighted by atomic mass is 10.0. The predicted octanol–water partition coefficient (Wildman–Crippen LogP) is 14.2. The zero-order chi connectivity index (χ0) is 40.3. The molecule has 0 rings (SSSR count). The summed E-state index contributed by atoms with van der Waals surface area (Å²) in [5, 5.41) is 23.7. The van der Waals surface area contributed by atoms with Crippen LogP contribution in [0.5, 0.6) is 0 Å². The summed E-state index contributed by atoms with van der Waals surface area (Å²) in [6.45, 7) is 6.44. The van der Waals surface area contributed by atoms with Crippen LogP contribution in [0.4, 0.5) is 0 Å². The summed E-state index contributed by atoms with van der Waals surface area (Å²) in [6, 6.07) is -0.698. The van der Waals surface area contributed by atoms with Gasteiger partial charge in [0.2, 0.25) is 5.91 Å². The maximum Gasteiger partial charge on any atom is 0.306 e. The van der Waals surface area contributed by atoms with Crippen molar-refractivity contribution in [1.82, 2.24) is 5.32 Å². The molecule has 0 fully saturated rings. The Balaban J connectivity index is 4.46. The number of nitrogens with one attached hydrogen (secondary N) is 1. The molecule has 0 aliphatic rings. The van der Waals surface area contributed by atoms with E-state index >= 15 is 0 Å². The lowest BCUT2D eigenvalue weighted by molar-refractivity contribution is -0.151. The third kappa shape index (κ3) is 39.2. The number of aliphatic hydroxyl groups excluding tert-OH is 2. The van der Waals surface area contributed by atoms with Crippen molar-refractivity contribution in [2.24, 2.45) is 0 Å². The van der Waals surface area contributed by atoms with Crippen molar-refractivity contribution >= 4 is 11.9 Å². The Labute approximate surface area is 342 Å². The summed E-state index contributed by atoms with van der Waals surface area (Å²) in [5.41, 5.74) is 0. The lowest BCUT2D eigenvalue weighted by Gasteiger charge is -2.24. The van der Waals surface area contributed by atoms with E-state index in [0.29, 0.717) is 19.3 Å². The molecule has 3 unspecified atom stereocenters. The Kier molecular flexibility index (Phi) is 42.6. The minimum absolute atomic E-state index is 0.0728. The SMILES string of the molecule is CCCC/C=C\CCCCCC(CC(=O)NC(CO)C(O)CCCCCCCCCCCCCC)OC(=O)CCCCCCCCCCCCCCCCC. The first-order valence-electron chi connectivity index (χ1n) is 24.4. The summed E-state index contributed by atoms with van der Waals surface area (Å²) < 4.78 is 5.90. The molecule has 0 aliphatic carbocycles. The van der Waals surface area contributed by atoms with Crippen molar-refractivity contribution in [2.45, 2.75) is 283 Å². The number of esters is 1. The van der Waals surface area contributed by atoms with Crippen LogP contribution >= 0.6 is 0 Å². The van der Waals surface area contributed by atoms with Gasteiger partial charge in [-0.3, -0.25) is 9.59 Å². The molecule has 0 bridgehead atoms. The molecule has 0 heterocycles. The molecule has 3 N–H and O–H groups in total. The van der Waals surface area contributed by atoms with Crippen LogP contribution in [0.2, 0.25) is 0 Å². The summed E-state index contributed by atoms with van der Waals surface area (Å²) >= 11 is 0. The number of rotatable bonds is 44. The summed E-state index contributed by atoms with van der Waals surface area (Å²) in [6.07, 6.45) is 47.0. The second-order valence-electron chi connectivity index (χ2n) is 16.9. The Morgan fingerprint density at radius 2 is 0.891 bits per heavy atom. The minimum Gasteiger partial charge on any atom is -0.462 e. The smallest absolute Gasteiger partial charge is 0.306 e. The van der Waals surface area contributed by atoms with E-state index in [1.165, 1.54) is 154 Å². The summed E-state index contributed by atoms with van der Waals surface area (Å²) in [5.74, 6) is -0.478. The fourth-order valence-electron chi connectivity index (χ4n) is 7.59. The first-order chi connectivity index (χ1) is 27.0. The quantitative estimate of drug-likeness (QED) is 0.0325. The van der Waals surface area contributed by atoms with E-state index in [0.717, 1.165) is 64.2 Å². The first kappa shape index (κ1) is 53.6.